The third kappa shape index (κ3) is 5.14. The number of fused-ring (bicyclic) bond motifs is 1. The van der Waals surface area contributed by atoms with Crippen LogP contribution in [-0.2, 0) is 23.6 Å². The topological polar surface area (TPSA) is 169 Å². The molecule has 3 heterocycles. The molecular weight excluding hydrogens is 522 g/mol. The van der Waals surface area contributed by atoms with Crippen LogP contribution in [-0.4, -0.2) is 45.2 Å². The van der Waals surface area contributed by atoms with E-state index in [0.717, 1.165) is 5.56 Å². The van der Waals surface area contributed by atoms with E-state index in [1.807, 2.05) is 6.07 Å². The van der Waals surface area contributed by atoms with Gasteiger partial charge in [-0.25, -0.2) is 18.4 Å². The maximum Gasteiger partial charge on any atom is 0.263 e. The molecule has 1 amide bonds. The highest BCUT2D eigenvalue weighted by Gasteiger charge is 2.56. The molecule has 5 rings (SSSR count). The van der Waals surface area contributed by atoms with E-state index < -0.39 is 26.2 Å². The molecule has 2 N–H and O–H groups in total. The number of carbonyl (C=O) groups excluding carboxylic acids is 1. The van der Waals surface area contributed by atoms with Gasteiger partial charge in [0.1, 0.15) is 22.4 Å². The minimum absolute atomic E-state index is 0.0646. The van der Waals surface area contributed by atoms with E-state index in [2.05, 4.69) is 25.0 Å². The minimum atomic E-state index is -3.84. The predicted molar refractivity (Wildman–Crippen MR) is 141 cm³/mol. The van der Waals surface area contributed by atoms with Crippen LogP contribution in [0.25, 0.3) is 10.9 Å². The van der Waals surface area contributed by atoms with Gasteiger partial charge in [0.2, 0.25) is 15.9 Å². The molecule has 4 aromatic rings. The van der Waals surface area contributed by atoms with Crippen molar-refractivity contribution in [3.63, 3.8) is 0 Å². The number of amides is 1. The van der Waals surface area contributed by atoms with E-state index in [0.29, 0.717) is 29.3 Å². The number of aromatic nitrogens is 4. The molecule has 1 fully saturated rings. The molecule has 1 aliphatic rings. The van der Waals surface area contributed by atoms with Crippen molar-refractivity contribution < 1.29 is 17.9 Å². The fraction of sp³-hybridized carbons (Fsp3) is 0.231. The van der Waals surface area contributed by atoms with E-state index in [4.69, 9.17) is 10.00 Å². The molecule has 0 spiro atoms. The number of ether oxygens (including phenoxy) is 1. The number of hydrogen-bond acceptors (Lipinski definition) is 9. The highest BCUT2D eigenvalue weighted by atomic mass is 32.2. The Bertz CT molecular complexity index is 1760. The number of nitriles is 1. The molecule has 3 aromatic heterocycles. The standard InChI is InChI=1S/C26H23N7O5S/c1-33-22-19(12-20(25(33)35)23(34)31-14-18-4-2-17(13-27)3-5-18)6-9-30-24(22)38-16-26(7-8-26)39(36,37)32-21-15-28-10-11-29-21/h2-6,9-12,15H,7-8,14,16H2,1H3,(H,29,32)(H,31,34). The van der Waals surface area contributed by atoms with Crippen LogP contribution in [0.2, 0.25) is 0 Å². The number of nitrogens with zero attached hydrogens (tertiary/aromatic N) is 5. The average molecular weight is 546 g/mol. The molecule has 12 nitrogen and oxygen atoms in total. The van der Waals surface area contributed by atoms with Crippen LogP contribution < -0.4 is 20.3 Å². The van der Waals surface area contributed by atoms with Gasteiger partial charge in [0.25, 0.3) is 11.5 Å². The highest BCUT2D eigenvalue weighted by molar-refractivity contribution is 7.94. The summed E-state index contributed by atoms with van der Waals surface area (Å²) in [5, 5.41) is 12.2. The quantitative estimate of drug-likeness (QED) is 0.319. The Morgan fingerprint density at radius 1 is 1.15 bits per heavy atom. The van der Waals surface area contributed by atoms with Gasteiger partial charge in [0.05, 0.1) is 17.8 Å². The number of rotatable bonds is 9. The first-order valence-corrected chi connectivity index (χ1v) is 13.4. The van der Waals surface area contributed by atoms with Crippen LogP contribution in [0.15, 0.2) is 66.0 Å². The number of carbonyl (C=O) groups is 1. The Hall–Kier alpha value is -4.83. The lowest BCUT2D eigenvalue weighted by Crippen LogP contribution is -2.36. The van der Waals surface area contributed by atoms with Gasteiger partial charge in [-0.3, -0.25) is 19.3 Å². The fourth-order valence-electron chi connectivity index (χ4n) is 4.07. The maximum atomic E-state index is 13.1. The summed E-state index contributed by atoms with van der Waals surface area (Å²) in [4.78, 5) is 38.0. The van der Waals surface area contributed by atoms with Gasteiger partial charge in [0.15, 0.2) is 5.82 Å². The summed E-state index contributed by atoms with van der Waals surface area (Å²) in [6.45, 7) is -0.00861. The molecule has 39 heavy (non-hydrogen) atoms. The van der Waals surface area contributed by atoms with Crippen LogP contribution in [0.1, 0.15) is 34.3 Å². The third-order valence-electron chi connectivity index (χ3n) is 6.52. The Morgan fingerprint density at radius 2 is 1.92 bits per heavy atom. The van der Waals surface area contributed by atoms with Crippen molar-refractivity contribution in [3.8, 4) is 11.9 Å². The van der Waals surface area contributed by atoms with Gasteiger partial charge in [-0.1, -0.05) is 12.1 Å². The van der Waals surface area contributed by atoms with E-state index >= 15 is 0 Å². The lowest BCUT2D eigenvalue weighted by molar-refractivity contribution is 0.0949. The van der Waals surface area contributed by atoms with Gasteiger partial charge >= 0.3 is 0 Å². The zero-order chi connectivity index (χ0) is 27.6. The van der Waals surface area contributed by atoms with Crippen molar-refractivity contribution >= 4 is 32.7 Å². The van der Waals surface area contributed by atoms with Crippen LogP contribution in [0, 0.1) is 11.3 Å². The number of nitrogens with one attached hydrogen (secondary N) is 2. The first-order chi connectivity index (χ1) is 18.7. The molecule has 0 radical (unpaired) electrons. The Balaban J connectivity index is 1.35. The first kappa shape index (κ1) is 25.8. The summed E-state index contributed by atoms with van der Waals surface area (Å²) in [5.41, 5.74) is 0.992. The van der Waals surface area contributed by atoms with Crippen LogP contribution in [0.5, 0.6) is 5.88 Å². The third-order valence-corrected chi connectivity index (χ3v) is 8.67. The number of aryl methyl sites for hydroxylation is 1. The normalized spacial score (nSPS) is 13.8. The van der Waals surface area contributed by atoms with Gasteiger partial charge in [-0.2, -0.15) is 5.26 Å². The second-order valence-corrected chi connectivity index (χ2v) is 11.2. The SMILES string of the molecule is Cn1c(=O)c(C(=O)NCc2ccc(C#N)cc2)cc2ccnc(OCC3(S(=O)(=O)Nc4cnccn4)CC3)c21. The van der Waals surface area contributed by atoms with Crippen LogP contribution in [0.4, 0.5) is 5.82 Å². The molecule has 13 heteroatoms. The van der Waals surface area contributed by atoms with E-state index in [1.165, 1.54) is 42.5 Å². The van der Waals surface area contributed by atoms with Crippen LogP contribution >= 0.6 is 0 Å². The Labute approximate surface area is 223 Å². The summed E-state index contributed by atoms with van der Waals surface area (Å²) in [6.07, 6.45) is 6.37. The molecule has 0 unspecified atom stereocenters. The Kier molecular flexibility index (Phi) is 6.71. The molecule has 0 aliphatic heterocycles. The zero-order valence-electron chi connectivity index (χ0n) is 20.8. The summed E-state index contributed by atoms with van der Waals surface area (Å²) in [7, 11) is -2.34. The lowest BCUT2D eigenvalue weighted by atomic mass is 10.1. The van der Waals surface area contributed by atoms with Crippen molar-refractivity contribution in [1.82, 2.24) is 24.8 Å². The summed E-state index contributed by atoms with van der Waals surface area (Å²) >= 11 is 0. The van der Waals surface area contributed by atoms with E-state index in [9.17, 15) is 18.0 Å². The van der Waals surface area contributed by atoms with Gasteiger partial charge in [0, 0.05) is 37.6 Å². The molecule has 0 saturated heterocycles. The van der Waals surface area contributed by atoms with Crippen molar-refractivity contribution in [3.05, 3.63) is 88.2 Å². The van der Waals surface area contributed by atoms with Crippen molar-refractivity contribution in [2.24, 2.45) is 7.05 Å². The van der Waals surface area contributed by atoms with Gasteiger partial charge < -0.3 is 14.6 Å². The molecule has 1 aliphatic carbocycles. The highest BCUT2D eigenvalue weighted by Crippen LogP contribution is 2.44. The number of benzene rings is 1. The smallest absolute Gasteiger partial charge is 0.263 e. The van der Waals surface area contributed by atoms with Gasteiger partial charge in [-0.15, -0.1) is 0 Å². The van der Waals surface area contributed by atoms with E-state index in [-0.39, 0.29) is 30.4 Å². The number of pyridine rings is 2. The maximum absolute atomic E-state index is 13.1. The molecule has 0 atom stereocenters. The first-order valence-electron chi connectivity index (χ1n) is 11.9. The summed E-state index contributed by atoms with van der Waals surface area (Å²) in [5.74, 6) is -0.365. The van der Waals surface area contributed by atoms with Crippen LogP contribution in [0.3, 0.4) is 0 Å². The molecule has 0 bridgehead atoms. The van der Waals surface area contributed by atoms with Crippen molar-refractivity contribution in [2.75, 3.05) is 11.3 Å². The van der Waals surface area contributed by atoms with Gasteiger partial charge in [-0.05, 0) is 42.7 Å². The predicted octanol–water partition coefficient (Wildman–Crippen LogP) is 1.88. The summed E-state index contributed by atoms with van der Waals surface area (Å²) in [6, 6.07) is 11.9. The van der Waals surface area contributed by atoms with Crippen molar-refractivity contribution in [1.29, 1.82) is 5.26 Å². The monoisotopic (exact) mass is 545 g/mol. The largest absolute Gasteiger partial charge is 0.474 e. The minimum Gasteiger partial charge on any atom is -0.474 e. The molecule has 1 saturated carbocycles. The number of sulfonamides is 1. The second kappa shape index (κ2) is 10.1. The number of hydrogen-bond donors (Lipinski definition) is 2. The molecule has 198 valence electrons. The lowest BCUT2D eigenvalue weighted by Gasteiger charge is -2.19. The molecule has 1 aromatic carbocycles. The van der Waals surface area contributed by atoms with E-state index in [1.54, 1.807) is 30.3 Å². The fourth-order valence-corrected chi connectivity index (χ4v) is 5.52. The Morgan fingerprint density at radius 3 is 2.59 bits per heavy atom. The second-order valence-electron chi connectivity index (χ2n) is 9.14. The van der Waals surface area contributed by atoms with Crippen molar-refractivity contribution in [2.45, 2.75) is 24.1 Å². The molecular formula is C26H23N7O5S. The summed E-state index contributed by atoms with van der Waals surface area (Å²) < 4.78 is 34.5. The number of anilines is 1. The average Bonchev–Trinajstić information content (AvgIpc) is 3.75. The zero-order valence-corrected chi connectivity index (χ0v) is 21.6.